The van der Waals surface area contributed by atoms with E-state index in [2.05, 4.69) is 20.1 Å². The van der Waals surface area contributed by atoms with Crippen molar-refractivity contribution in [1.82, 2.24) is 10.6 Å². The second-order valence-corrected chi connectivity index (χ2v) is 4.93. The number of esters is 2. The number of hydrogen-bond donors (Lipinski definition) is 2. The van der Waals surface area contributed by atoms with E-state index in [1.54, 1.807) is 6.92 Å². The zero-order valence-electron chi connectivity index (χ0n) is 12.3. The van der Waals surface area contributed by atoms with Crippen LogP contribution < -0.4 is 10.6 Å². The molecule has 1 fully saturated rings. The van der Waals surface area contributed by atoms with E-state index in [9.17, 15) is 19.2 Å². The van der Waals surface area contributed by atoms with Crippen molar-refractivity contribution in [2.24, 2.45) is 5.92 Å². The van der Waals surface area contributed by atoms with E-state index >= 15 is 0 Å². The van der Waals surface area contributed by atoms with Gasteiger partial charge in [0.15, 0.2) is 0 Å². The van der Waals surface area contributed by atoms with Gasteiger partial charge >= 0.3 is 11.9 Å². The molecule has 1 aliphatic heterocycles. The predicted molar refractivity (Wildman–Crippen MR) is 70.9 cm³/mol. The normalized spacial score (nSPS) is 20.1. The van der Waals surface area contributed by atoms with Gasteiger partial charge in [-0.2, -0.15) is 0 Å². The first-order valence-corrected chi connectivity index (χ1v) is 6.63. The number of methoxy groups -OCH3 is 2. The largest absolute Gasteiger partial charge is 0.469 e. The van der Waals surface area contributed by atoms with E-state index in [0.717, 1.165) is 0 Å². The maximum Gasteiger partial charge on any atom is 0.328 e. The number of amides is 2. The molecule has 0 saturated carbocycles. The molecule has 2 N–H and O–H groups in total. The number of hydrogen-bond acceptors (Lipinski definition) is 6. The van der Waals surface area contributed by atoms with Crippen LogP contribution in [-0.2, 0) is 28.7 Å². The van der Waals surface area contributed by atoms with Crippen molar-refractivity contribution in [3.8, 4) is 0 Å². The first kappa shape index (κ1) is 16.9. The molecule has 0 bridgehead atoms. The summed E-state index contributed by atoms with van der Waals surface area (Å²) in [5.41, 5.74) is 0. The molecule has 1 aliphatic rings. The molecule has 0 aromatic heterocycles. The zero-order chi connectivity index (χ0) is 16.0. The summed E-state index contributed by atoms with van der Waals surface area (Å²) in [6.45, 7) is 1.63. The highest BCUT2D eigenvalue weighted by Gasteiger charge is 2.34. The zero-order valence-corrected chi connectivity index (χ0v) is 12.3. The summed E-state index contributed by atoms with van der Waals surface area (Å²) in [5.74, 6) is -2.30. The molecule has 0 radical (unpaired) electrons. The fourth-order valence-corrected chi connectivity index (χ4v) is 2.09. The summed E-state index contributed by atoms with van der Waals surface area (Å²) < 4.78 is 9.18. The molecular formula is C13H20N2O6. The molecule has 1 saturated heterocycles. The number of ether oxygens (including phenoxy) is 2. The highest BCUT2D eigenvalue weighted by molar-refractivity contribution is 5.93. The van der Waals surface area contributed by atoms with Crippen LogP contribution >= 0.6 is 0 Å². The van der Waals surface area contributed by atoms with Crippen molar-refractivity contribution >= 4 is 23.8 Å². The molecule has 2 amide bonds. The summed E-state index contributed by atoms with van der Waals surface area (Å²) in [5, 5.41) is 5.04. The Bertz CT molecular complexity index is 436. The average Bonchev–Trinajstić information content (AvgIpc) is 2.89. The van der Waals surface area contributed by atoms with Gasteiger partial charge in [0.05, 0.1) is 20.6 Å². The monoisotopic (exact) mass is 300 g/mol. The SMILES string of the molecule is COC(=O)C[C@H](C)[C@@H](NC(=O)[C@H]1CCC(=O)N1)C(=O)OC. The van der Waals surface area contributed by atoms with Gasteiger partial charge in [0.1, 0.15) is 12.1 Å². The quantitative estimate of drug-likeness (QED) is 0.616. The summed E-state index contributed by atoms with van der Waals surface area (Å²) in [6.07, 6.45) is 0.621. The van der Waals surface area contributed by atoms with Crippen LogP contribution in [0.5, 0.6) is 0 Å². The topological polar surface area (TPSA) is 111 Å². The molecule has 0 aliphatic carbocycles. The van der Waals surface area contributed by atoms with Gasteiger partial charge in [-0.1, -0.05) is 6.92 Å². The fraction of sp³-hybridized carbons (Fsp3) is 0.692. The Kier molecular flexibility index (Phi) is 6.13. The minimum atomic E-state index is -0.973. The average molecular weight is 300 g/mol. The molecule has 0 unspecified atom stereocenters. The van der Waals surface area contributed by atoms with Gasteiger partial charge in [-0.15, -0.1) is 0 Å². The Labute approximate surface area is 122 Å². The summed E-state index contributed by atoms with van der Waals surface area (Å²) in [6, 6.07) is -1.63. The van der Waals surface area contributed by atoms with Crippen LogP contribution in [0.15, 0.2) is 0 Å². The molecule has 8 nitrogen and oxygen atoms in total. The maximum absolute atomic E-state index is 12.0. The van der Waals surface area contributed by atoms with Crippen LogP contribution in [0.4, 0.5) is 0 Å². The Balaban J connectivity index is 2.69. The molecule has 0 aromatic rings. The van der Waals surface area contributed by atoms with Crippen LogP contribution in [0.1, 0.15) is 26.2 Å². The molecule has 1 rings (SSSR count). The third-order valence-electron chi connectivity index (χ3n) is 3.35. The summed E-state index contributed by atoms with van der Waals surface area (Å²) in [7, 11) is 2.44. The summed E-state index contributed by atoms with van der Waals surface area (Å²) in [4.78, 5) is 46.2. The molecule has 1 heterocycles. The standard InChI is InChI=1S/C13H20N2O6/c1-7(6-10(17)20-2)11(13(19)21-3)15-12(18)8-4-5-9(16)14-8/h7-8,11H,4-6H2,1-3H3,(H,14,16)(H,15,18)/t7-,8+,11+/m0/s1. The molecular weight excluding hydrogens is 280 g/mol. The Morgan fingerprint density at radius 1 is 1.33 bits per heavy atom. The minimum absolute atomic E-state index is 0.0342. The lowest BCUT2D eigenvalue weighted by Gasteiger charge is -2.23. The molecule has 118 valence electrons. The minimum Gasteiger partial charge on any atom is -0.469 e. The van der Waals surface area contributed by atoms with Crippen molar-refractivity contribution in [3.05, 3.63) is 0 Å². The number of carbonyl (C=O) groups excluding carboxylic acids is 4. The molecule has 0 aromatic carbocycles. The van der Waals surface area contributed by atoms with Crippen molar-refractivity contribution < 1.29 is 28.7 Å². The number of rotatable bonds is 6. The third-order valence-corrected chi connectivity index (χ3v) is 3.35. The Hall–Kier alpha value is -2.12. The Morgan fingerprint density at radius 2 is 2.00 bits per heavy atom. The third kappa shape index (κ3) is 4.73. The van der Waals surface area contributed by atoms with E-state index in [1.165, 1.54) is 14.2 Å². The smallest absolute Gasteiger partial charge is 0.328 e. The molecule has 0 spiro atoms. The highest BCUT2D eigenvalue weighted by Crippen LogP contribution is 2.13. The van der Waals surface area contributed by atoms with Gasteiger partial charge in [-0.3, -0.25) is 14.4 Å². The molecule has 3 atom stereocenters. The van der Waals surface area contributed by atoms with Gasteiger partial charge in [0, 0.05) is 6.42 Å². The van der Waals surface area contributed by atoms with Crippen molar-refractivity contribution in [3.63, 3.8) is 0 Å². The lowest BCUT2D eigenvalue weighted by atomic mass is 9.97. The lowest BCUT2D eigenvalue weighted by Crippen LogP contribution is -2.51. The van der Waals surface area contributed by atoms with Crippen LogP contribution in [0.25, 0.3) is 0 Å². The lowest BCUT2D eigenvalue weighted by molar-refractivity contribution is -0.148. The van der Waals surface area contributed by atoms with Crippen LogP contribution in [0.3, 0.4) is 0 Å². The van der Waals surface area contributed by atoms with Crippen LogP contribution in [-0.4, -0.2) is 50.1 Å². The Morgan fingerprint density at radius 3 is 2.48 bits per heavy atom. The van der Waals surface area contributed by atoms with Gasteiger partial charge < -0.3 is 20.1 Å². The van der Waals surface area contributed by atoms with Gasteiger partial charge in [-0.05, 0) is 12.3 Å². The van der Waals surface area contributed by atoms with Crippen molar-refractivity contribution in [2.75, 3.05) is 14.2 Å². The van der Waals surface area contributed by atoms with Crippen LogP contribution in [0, 0.1) is 5.92 Å². The van der Waals surface area contributed by atoms with Gasteiger partial charge in [-0.25, -0.2) is 4.79 Å². The maximum atomic E-state index is 12.0. The summed E-state index contributed by atoms with van der Waals surface area (Å²) >= 11 is 0. The molecule has 21 heavy (non-hydrogen) atoms. The van der Waals surface area contributed by atoms with Gasteiger partial charge in [0.2, 0.25) is 11.8 Å². The molecule has 8 heteroatoms. The first-order chi connectivity index (χ1) is 9.88. The van der Waals surface area contributed by atoms with E-state index in [0.29, 0.717) is 6.42 Å². The number of nitrogens with one attached hydrogen (secondary N) is 2. The van der Waals surface area contributed by atoms with E-state index in [1.807, 2.05) is 0 Å². The highest BCUT2D eigenvalue weighted by atomic mass is 16.5. The fourth-order valence-electron chi connectivity index (χ4n) is 2.09. The van der Waals surface area contributed by atoms with Crippen molar-refractivity contribution in [2.45, 2.75) is 38.3 Å². The van der Waals surface area contributed by atoms with Crippen LogP contribution in [0.2, 0.25) is 0 Å². The van der Waals surface area contributed by atoms with E-state index < -0.39 is 35.8 Å². The second kappa shape index (κ2) is 7.61. The van der Waals surface area contributed by atoms with E-state index in [-0.39, 0.29) is 18.7 Å². The first-order valence-electron chi connectivity index (χ1n) is 6.63. The predicted octanol–water partition coefficient (Wildman–Crippen LogP) is -0.878. The van der Waals surface area contributed by atoms with Gasteiger partial charge in [0.25, 0.3) is 0 Å². The second-order valence-electron chi connectivity index (χ2n) is 4.93. The van der Waals surface area contributed by atoms with Crippen molar-refractivity contribution in [1.29, 1.82) is 0 Å². The number of carbonyl (C=O) groups is 4. The van der Waals surface area contributed by atoms with E-state index in [4.69, 9.17) is 0 Å².